The fraction of sp³-hybridized carbons (Fsp3) is 0.143. The maximum atomic E-state index is 12.8. The Hall–Kier alpha value is -0.650. The normalized spacial score (nSPS) is 11.8. The predicted octanol–water partition coefficient (Wildman–Crippen LogP) is 3.75. The molecule has 0 aliphatic rings. The lowest BCUT2D eigenvalue weighted by Gasteiger charge is -2.09. The van der Waals surface area contributed by atoms with Crippen molar-refractivity contribution in [2.24, 2.45) is 0 Å². The third-order valence-corrected chi connectivity index (χ3v) is 1.94. The van der Waals surface area contributed by atoms with Gasteiger partial charge in [0.15, 0.2) is 5.82 Å². The van der Waals surface area contributed by atoms with E-state index in [4.69, 9.17) is 0 Å². The average Bonchev–Trinajstić information content (AvgIpc) is 1.95. The van der Waals surface area contributed by atoms with Gasteiger partial charge in [0, 0.05) is 0 Å². The lowest BCUT2D eigenvalue weighted by atomic mass is 10.2. The Kier molecular flexibility index (Phi) is 2.61. The quantitative estimate of drug-likeness (QED) is 0.493. The maximum absolute atomic E-state index is 12.8. The van der Waals surface area contributed by atoms with Crippen LogP contribution in [0.1, 0.15) is 5.56 Å². The van der Waals surface area contributed by atoms with E-state index in [0.29, 0.717) is 6.07 Å². The smallest absolute Gasteiger partial charge is 0.206 e. The van der Waals surface area contributed by atoms with Gasteiger partial charge in [-0.05, 0) is 28.1 Å². The number of benzene rings is 1. The minimum atomic E-state index is -5.02. The van der Waals surface area contributed by atoms with Gasteiger partial charge < -0.3 is 0 Å². The molecule has 1 aromatic carbocycles. The van der Waals surface area contributed by atoms with E-state index in [2.05, 4.69) is 15.9 Å². The highest BCUT2D eigenvalue weighted by Gasteiger charge is 2.38. The van der Waals surface area contributed by atoms with E-state index >= 15 is 0 Å². The van der Waals surface area contributed by atoms with Crippen LogP contribution >= 0.6 is 15.9 Å². The van der Waals surface area contributed by atoms with Crippen molar-refractivity contribution in [1.29, 1.82) is 0 Å². The van der Waals surface area contributed by atoms with E-state index in [1.807, 2.05) is 0 Å². The molecule has 0 N–H and O–H groups in total. The van der Waals surface area contributed by atoms with Crippen LogP contribution in [0.25, 0.3) is 0 Å². The van der Waals surface area contributed by atoms with Gasteiger partial charge >= 0.3 is 6.18 Å². The fourth-order valence-corrected chi connectivity index (χ4v) is 1.12. The molecule has 0 fully saturated rings. The second-order valence-electron chi connectivity index (χ2n) is 2.22. The third kappa shape index (κ3) is 1.99. The molecule has 0 amide bonds. The van der Waals surface area contributed by atoms with Gasteiger partial charge in [0.2, 0.25) is 0 Å². The summed E-state index contributed by atoms with van der Waals surface area (Å²) in [4.78, 5) is 0. The van der Waals surface area contributed by atoms with Crippen LogP contribution in [0.2, 0.25) is 0 Å². The molecule has 0 saturated heterocycles. The molecule has 0 nitrogen and oxygen atoms in total. The van der Waals surface area contributed by atoms with E-state index in [9.17, 15) is 22.0 Å². The first-order chi connectivity index (χ1) is 5.84. The van der Waals surface area contributed by atoms with Gasteiger partial charge in [-0.15, -0.1) is 0 Å². The van der Waals surface area contributed by atoms with Gasteiger partial charge in [0.1, 0.15) is 11.4 Å². The van der Waals surface area contributed by atoms with Crippen molar-refractivity contribution in [2.75, 3.05) is 0 Å². The second-order valence-corrected chi connectivity index (χ2v) is 3.07. The van der Waals surface area contributed by atoms with Gasteiger partial charge in [0.05, 0.1) is 4.47 Å². The van der Waals surface area contributed by atoms with Crippen LogP contribution in [-0.4, -0.2) is 0 Å². The van der Waals surface area contributed by atoms with Crippen molar-refractivity contribution in [2.45, 2.75) is 6.18 Å². The van der Waals surface area contributed by atoms with Crippen LogP contribution in [-0.2, 0) is 6.18 Å². The summed E-state index contributed by atoms with van der Waals surface area (Å²) in [6, 6.07) is 1.43. The number of hydrogen-bond acceptors (Lipinski definition) is 0. The Morgan fingerprint density at radius 3 is 2.00 bits per heavy atom. The van der Waals surface area contributed by atoms with Gasteiger partial charge in [-0.2, -0.15) is 13.2 Å². The zero-order valence-corrected chi connectivity index (χ0v) is 7.51. The zero-order valence-electron chi connectivity index (χ0n) is 5.92. The Balaban J connectivity index is 3.43. The number of hydrogen-bond donors (Lipinski definition) is 0. The summed E-state index contributed by atoms with van der Waals surface area (Å²) in [7, 11) is 0. The molecule has 72 valence electrons. The van der Waals surface area contributed by atoms with Crippen molar-refractivity contribution in [3.8, 4) is 0 Å². The third-order valence-electron chi connectivity index (χ3n) is 1.33. The topological polar surface area (TPSA) is 0 Å². The van der Waals surface area contributed by atoms with Gasteiger partial charge in [0.25, 0.3) is 0 Å². The molecule has 0 spiro atoms. The molecule has 0 bridgehead atoms. The summed E-state index contributed by atoms with van der Waals surface area (Å²) in [5, 5.41) is 0. The first-order valence-corrected chi connectivity index (χ1v) is 3.84. The highest BCUT2D eigenvalue weighted by molar-refractivity contribution is 9.10. The van der Waals surface area contributed by atoms with Crippen molar-refractivity contribution >= 4 is 15.9 Å². The Morgan fingerprint density at radius 2 is 1.62 bits per heavy atom. The molecular formula is C7H2BrF5. The van der Waals surface area contributed by atoms with E-state index in [-0.39, 0.29) is 0 Å². The van der Waals surface area contributed by atoms with Crippen LogP contribution in [0.15, 0.2) is 16.6 Å². The number of rotatable bonds is 0. The fourth-order valence-electron chi connectivity index (χ4n) is 0.787. The molecule has 1 rings (SSSR count). The summed E-state index contributed by atoms with van der Waals surface area (Å²) >= 11 is 2.53. The first kappa shape index (κ1) is 10.4. The van der Waals surface area contributed by atoms with Crippen LogP contribution in [0, 0.1) is 11.6 Å². The Labute approximate surface area is 78.5 Å². The van der Waals surface area contributed by atoms with E-state index in [0.717, 1.165) is 6.07 Å². The molecule has 0 heterocycles. The summed E-state index contributed by atoms with van der Waals surface area (Å²) in [6.45, 7) is 0. The minimum absolute atomic E-state index is 0.416. The summed E-state index contributed by atoms with van der Waals surface area (Å²) in [5.41, 5.74) is -1.87. The van der Waals surface area contributed by atoms with E-state index in [1.54, 1.807) is 0 Å². The van der Waals surface area contributed by atoms with Gasteiger partial charge in [-0.3, -0.25) is 0 Å². The highest BCUT2D eigenvalue weighted by Crippen LogP contribution is 2.35. The molecule has 0 atom stereocenters. The molecule has 0 aliphatic heterocycles. The lowest BCUT2D eigenvalue weighted by Crippen LogP contribution is -2.11. The molecular weight excluding hydrogens is 259 g/mol. The Morgan fingerprint density at radius 1 is 1.08 bits per heavy atom. The van der Waals surface area contributed by atoms with Crippen molar-refractivity contribution in [1.82, 2.24) is 0 Å². The molecule has 0 aromatic heterocycles. The van der Waals surface area contributed by atoms with Crippen LogP contribution in [0.4, 0.5) is 22.0 Å². The monoisotopic (exact) mass is 260 g/mol. The van der Waals surface area contributed by atoms with E-state index in [1.165, 1.54) is 0 Å². The van der Waals surface area contributed by atoms with Crippen molar-refractivity contribution < 1.29 is 22.0 Å². The largest absolute Gasteiger partial charge is 0.422 e. The summed E-state index contributed by atoms with van der Waals surface area (Å²) in [5.74, 6) is -3.25. The predicted molar refractivity (Wildman–Crippen MR) is 39.1 cm³/mol. The minimum Gasteiger partial charge on any atom is -0.206 e. The molecule has 0 aliphatic carbocycles. The van der Waals surface area contributed by atoms with Gasteiger partial charge in [-0.1, -0.05) is 0 Å². The summed E-state index contributed by atoms with van der Waals surface area (Å²) < 4.78 is 60.8. The standard InChI is InChI=1S/C7H2BrF5/c8-3-1-2-4(9)5(6(3)10)7(11,12)13/h1-2H. The zero-order chi connectivity index (χ0) is 10.2. The molecule has 0 unspecified atom stereocenters. The summed E-state index contributed by atoms with van der Waals surface area (Å²) in [6.07, 6.45) is -5.02. The average molecular weight is 261 g/mol. The van der Waals surface area contributed by atoms with Crippen molar-refractivity contribution in [3.05, 3.63) is 33.8 Å². The number of halogens is 6. The van der Waals surface area contributed by atoms with Crippen LogP contribution < -0.4 is 0 Å². The molecule has 0 saturated carbocycles. The second kappa shape index (κ2) is 3.25. The highest BCUT2D eigenvalue weighted by atomic mass is 79.9. The Bertz CT molecular complexity index is 330. The molecule has 13 heavy (non-hydrogen) atoms. The molecule has 0 radical (unpaired) electrons. The molecule has 1 aromatic rings. The van der Waals surface area contributed by atoms with Gasteiger partial charge in [-0.25, -0.2) is 8.78 Å². The van der Waals surface area contributed by atoms with Crippen LogP contribution in [0.5, 0.6) is 0 Å². The SMILES string of the molecule is Fc1ccc(Br)c(F)c1C(F)(F)F. The van der Waals surface area contributed by atoms with E-state index < -0.39 is 27.8 Å². The maximum Gasteiger partial charge on any atom is 0.422 e. The molecule has 6 heteroatoms. The van der Waals surface area contributed by atoms with Crippen LogP contribution in [0.3, 0.4) is 0 Å². The number of alkyl halides is 3. The first-order valence-electron chi connectivity index (χ1n) is 3.04. The van der Waals surface area contributed by atoms with Crippen molar-refractivity contribution in [3.63, 3.8) is 0 Å². The lowest BCUT2D eigenvalue weighted by molar-refractivity contribution is -0.142.